The van der Waals surface area contributed by atoms with E-state index >= 15 is 0 Å². The van der Waals surface area contributed by atoms with Gasteiger partial charge in [-0.25, -0.2) is 14.8 Å². The fourth-order valence-corrected chi connectivity index (χ4v) is 4.33. The second-order valence-corrected chi connectivity index (χ2v) is 15.0. The third kappa shape index (κ3) is 6.83. The minimum absolute atomic E-state index is 0.125. The summed E-state index contributed by atoms with van der Waals surface area (Å²) in [5.74, 6) is 0.833. The molecule has 1 amide bonds. The Kier molecular flexibility index (Phi) is 8.37. The molecule has 0 saturated carbocycles. The lowest BCUT2D eigenvalue weighted by Crippen LogP contribution is -2.41. The van der Waals surface area contributed by atoms with Crippen molar-refractivity contribution >= 4 is 25.9 Å². The molecule has 36 heavy (non-hydrogen) atoms. The van der Waals surface area contributed by atoms with Gasteiger partial charge in [-0.2, -0.15) is 0 Å². The van der Waals surface area contributed by atoms with Crippen molar-refractivity contribution < 1.29 is 18.7 Å². The maximum Gasteiger partial charge on any atom is 0.412 e. The molecule has 1 aromatic carbocycles. The van der Waals surface area contributed by atoms with Crippen molar-refractivity contribution in [2.45, 2.75) is 45.8 Å². The van der Waals surface area contributed by atoms with Crippen LogP contribution in [-0.4, -0.2) is 44.7 Å². The Hall–Kier alpha value is -3.43. The van der Waals surface area contributed by atoms with Gasteiger partial charge in [-0.1, -0.05) is 26.8 Å². The van der Waals surface area contributed by atoms with Crippen LogP contribution in [-0.2, 0) is 9.16 Å². The number of ether oxygens (including phenoxy) is 2. The van der Waals surface area contributed by atoms with Gasteiger partial charge in [0.15, 0.2) is 8.32 Å². The summed E-state index contributed by atoms with van der Waals surface area (Å²) in [6.07, 6.45) is 1.01. The molecular weight excluding hydrogens is 472 g/mol. The van der Waals surface area contributed by atoms with Crippen LogP contribution in [0, 0.1) is 6.92 Å². The molecule has 3 aromatic rings. The van der Waals surface area contributed by atoms with Gasteiger partial charge in [-0.05, 0) is 72.1 Å². The minimum atomic E-state index is -1.87. The number of nitrogens with two attached hydrogens (primary N) is 1. The minimum Gasteiger partial charge on any atom is -0.475 e. The van der Waals surface area contributed by atoms with Gasteiger partial charge in [0.1, 0.15) is 12.4 Å². The molecular formula is C27H36N4O4Si. The Morgan fingerprint density at radius 3 is 2.50 bits per heavy atom. The van der Waals surface area contributed by atoms with Crippen LogP contribution in [0.2, 0.25) is 18.1 Å². The number of rotatable bonds is 8. The Bertz CT molecular complexity index is 1220. The highest BCUT2D eigenvalue weighted by Crippen LogP contribution is 2.36. The van der Waals surface area contributed by atoms with Crippen molar-refractivity contribution in [1.29, 1.82) is 0 Å². The van der Waals surface area contributed by atoms with E-state index in [1.54, 1.807) is 12.3 Å². The maximum absolute atomic E-state index is 11.6. The monoisotopic (exact) mass is 508 g/mol. The number of anilines is 2. The van der Waals surface area contributed by atoms with Gasteiger partial charge in [0.05, 0.1) is 19.4 Å². The molecule has 0 fully saturated rings. The zero-order valence-electron chi connectivity index (χ0n) is 22.1. The molecule has 0 atom stereocenters. The fourth-order valence-electron chi connectivity index (χ4n) is 3.31. The van der Waals surface area contributed by atoms with Crippen LogP contribution in [0.4, 0.5) is 16.3 Å². The van der Waals surface area contributed by atoms with E-state index in [1.165, 1.54) is 7.11 Å². The second-order valence-electron chi connectivity index (χ2n) is 10.2. The average molecular weight is 509 g/mol. The molecule has 2 aromatic heterocycles. The van der Waals surface area contributed by atoms with Crippen molar-refractivity contribution in [3.05, 3.63) is 54.2 Å². The number of aryl methyl sites for hydroxylation is 1. The van der Waals surface area contributed by atoms with Gasteiger partial charge >= 0.3 is 6.09 Å². The van der Waals surface area contributed by atoms with Crippen molar-refractivity contribution in [1.82, 2.24) is 9.97 Å². The number of pyridine rings is 2. The summed E-state index contributed by atoms with van der Waals surface area (Å²) in [6.45, 7) is 14.0. The largest absolute Gasteiger partial charge is 0.475 e. The quantitative estimate of drug-likeness (QED) is 0.209. The van der Waals surface area contributed by atoms with E-state index in [-0.39, 0.29) is 5.04 Å². The summed E-state index contributed by atoms with van der Waals surface area (Å²) in [5.41, 5.74) is 11.2. The average Bonchev–Trinajstić information content (AvgIpc) is 2.82. The second kappa shape index (κ2) is 11.1. The highest BCUT2D eigenvalue weighted by Gasteiger charge is 2.36. The number of carbonyl (C=O) groups excluding carboxylic acids is 1. The van der Waals surface area contributed by atoms with Crippen LogP contribution in [0.1, 0.15) is 26.3 Å². The molecule has 0 bridgehead atoms. The van der Waals surface area contributed by atoms with Crippen molar-refractivity contribution in [3.8, 4) is 28.3 Å². The molecule has 8 nitrogen and oxygen atoms in total. The van der Waals surface area contributed by atoms with Gasteiger partial charge in [0, 0.05) is 23.5 Å². The lowest BCUT2D eigenvalue weighted by atomic mass is 9.99. The van der Waals surface area contributed by atoms with E-state index in [2.05, 4.69) is 48.9 Å². The van der Waals surface area contributed by atoms with Gasteiger partial charge < -0.3 is 19.6 Å². The molecule has 0 radical (unpaired) electrons. The number of hydrogen-bond acceptors (Lipinski definition) is 7. The third-order valence-corrected chi connectivity index (χ3v) is 11.0. The number of carbonyl (C=O) groups is 1. The number of benzene rings is 1. The smallest absolute Gasteiger partial charge is 0.412 e. The fraction of sp³-hybridized carbons (Fsp3) is 0.370. The number of aromatic nitrogens is 2. The molecule has 0 saturated heterocycles. The first-order chi connectivity index (χ1) is 16.9. The van der Waals surface area contributed by atoms with Crippen LogP contribution in [0.3, 0.4) is 0 Å². The van der Waals surface area contributed by atoms with E-state index in [0.717, 1.165) is 22.3 Å². The van der Waals surface area contributed by atoms with E-state index < -0.39 is 14.4 Å². The van der Waals surface area contributed by atoms with Gasteiger partial charge in [-0.15, -0.1) is 0 Å². The van der Waals surface area contributed by atoms with Crippen molar-refractivity contribution in [3.63, 3.8) is 0 Å². The first-order valence-electron chi connectivity index (χ1n) is 11.9. The van der Waals surface area contributed by atoms with Gasteiger partial charge in [0.25, 0.3) is 0 Å². The van der Waals surface area contributed by atoms with Crippen LogP contribution >= 0.6 is 0 Å². The Morgan fingerprint density at radius 2 is 1.81 bits per heavy atom. The summed E-state index contributed by atoms with van der Waals surface area (Å²) in [4.78, 5) is 20.6. The van der Waals surface area contributed by atoms with Crippen molar-refractivity contribution in [2.24, 2.45) is 0 Å². The standard InChI is InChI=1S/C27H36N4O4Si/c1-18-8-9-21(28)17-22(18)20-14-23(19-10-11-29-24(15-19)31-26(32)33-5)30-25(16-20)34-12-13-35-36(6,7)27(2,3)4/h8-11,14-17H,12-13,28H2,1-7H3,(H,29,31,32). The number of amides is 1. The summed E-state index contributed by atoms with van der Waals surface area (Å²) in [5, 5.41) is 2.71. The zero-order chi connectivity index (χ0) is 26.5. The Labute approximate surface area is 214 Å². The molecule has 0 spiro atoms. The number of nitrogens with zero attached hydrogens (tertiary/aromatic N) is 2. The molecule has 192 valence electrons. The highest BCUT2D eigenvalue weighted by atomic mass is 28.4. The Morgan fingerprint density at radius 1 is 1.06 bits per heavy atom. The van der Waals surface area contributed by atoms with E-state index in [0.29, 0.717) is 36.3 Å². The highest BCUT2D eigenvalue weighted by molar-refractivity contribution is 6.74. The van der Waals surface area contributed by atoms with Crippen LogP contribution in [0.15, 0.2) is 48.7 Å². The number of nitrogens with one attached hydrogen (secondary N) is 1. The molecule has 3 rings (SSSR count). The molecule has 2 heterocycles. The molecule has 0 aliphatic rings. The van der Waals surface area contributed by atoms with Gasteiger partial charge in [-0.3, -0.25) is 5.32 Å². The molecule has 0 aliphatic carbocycles. The predicted octanol–water partition coefficient (Wildman–Crippen LogP) is 6.28. The molecule has 0 aliphatic heterocycles. The lowest BCUT2D eigenvalue weighted by molar-refractivity contribution is 0.187. The first-order valence-corrected chi connectivity index (χ1v) is 14.8. The molecule has 0 unspecified atom stereocenters. The topological polar surface area (TPSA) is 109 Å². The number of hydrogen-bond donors (Lipinski definition) is 2. The maximum atomic E-state index is 11.6. The third-order valence-electron chi connectivity index (χ3n) is 6.45. The van der Waals surface area contributed by atoms with Gasteiger partial charge in [0.2, 0.25) is 5.88 Å². The molecule has 9 heteroatoms. The van der Waals surface area contributed by atoms with E-state index in [4.69, 9.17) is 19.9 Å². The molecule has 3 N–H and O–H groups in total. The summed E-state index contributed by atoms with van der Waals surface area (Å²) >= 11 is 0. The summed E-state index contributed by atoms with van der Waals surface area (Å²) in [7, 11) is -0.571. The SMILES string of the molecule is COC(=O)Nc1cc(-c2cc(-c3cc(N)ccc3C)cc(OCCO[Si](C)(C)C(C)(C)C)n2)ccn1. The van der Waals surface area contributed by atoms with E-state index in [1.807, 2.05) is 43.3 Å². The van der Waals surface area contributed by atoms with E-state index in [9.17, 15) is 4.79 Å². The predicted molar refractivity (Wildman–Crippen MR) is 147 cm³/mol. The van der Waals surface area contributed by atoms with Crippen LogP contribution < -0.4 is 15.8 Å². The number of methoxy groups -OCH3 is 1. The summed E-state index contributed by atoms with van der Waals surface area (Å²) in [6, 6.07) is 13.2. The number of nitrogen functional groups attached to an aromatic ring is 1. The van der Waals surface area contributed by atoms with Crippen molar-refractivity contribution in [2.75, 3.05) is 31.4 Å². The van der Waals surface area contributed by atoms with Crippen LogP contribution in [0.5, 0.6) is 5.88 Å². The normalized spacial score (nSPS) is 11.8. The Balaban J connectivity index is 1.93. The summed E-state index contributed by atoms with van der Waals surface area (Å²) < 4.78 is 17.0. The first kappa shape index (κ1) is 27.2. The van der Waals surface area contributed by atoms with Crippen LogP contribution in [0.25, 0.3) is 22.4 Å². The lowest BCUT2D eigenvalue weighted by Gasteiger charge is -2.36. The zero-order valence-corrected chi connectivity index (χ0v) is 23.1.